The normalized spacial score (nSPS) is 15.1. The van der Waals surface area contributed by atoms with Gasteiger partial charge in [0.1, 0.15) is 0 Å². The van der Waals surface area contributed by atoms with Crippen LogP contribution in [0.15, 0.2) is 34.6 Å². The van der Waals surface area contributed by atoms with Crippen molar-refractivity contribution in [3.05, 3.63) is 48.6 Å². The molecule has 1 aliphatic rings. The molecule has 0 saturated carbocycles. The van der Waals surface area contributed by atoms with Crippen LogP contribution in [-0.2, 0) is 4.79 Å². The highest BCUT2D eigenvalue weighted by Gasteiger charge is 2.34. The van der Waals surface area contributed by atoms with E-state index in [0.29, 0.717) is 27.9 Å². The molecule has 2 aromatic rings. The van der Waals surface area contributed by atoms with Gasteiger partial charge in [-0.2, -0.15) is 5.01 Å². The van der Waals surface area contributed by atoms with E-state index in [0.717, 1.165) is 32.3 Å². The summed E-state index contributed by atoms with van der Waals surface area (Å²) in [6, 6.07) is 7.17. The van der Waals surface area contributed by atoms with Gasteiger partial charge in [0.15, 0.2) is 15.8 Å². The van der Waals surface area contributed by atoms with Gasteiger partial charge in [-0.15, -0.1) is 11.3 Å². The molecule has 0 atom stereocenters. The Morgan fingerprint density at radius 3 is 2.86 bits per heavy atom. The molecule has 1 fully saturated rings. The standard InChI is InChI=1S/C19H17IN2O4S3/c1-3-6-26-16-12(20)8-11(9-13(16)25-2)10-15-18(24)22(19(27)29-15)21-17(23)14-5-4-7-28-14/h4-5,7-10H,3,6H2,1-2H3,(H,21,23)/b15-10+. The zero-order valence-electron chi connectivity index (χ0n) is 15.6. The summed E-state index contributed by atoms with van der Waals surface area (Å²) in [6.07, 6.45) is 2.62. The van der Waals surface area contributed by atoms with Crippen LogP contribution in [0.1, 0.15) is 28.6 Å². The highest BCUT2D eigenvalue weighted by atomic mass is 127. The van der Waals surface area contributed by atoms with E-state index in [2.05, 4.69) is 28.0 Å². The van der Waals surface area contributed by atoms with Gasteiger partial charge in [-0.05, 0) is 76.4 Å². The number of hydrazine groups is 1. The van der Waals surface area contributed by atoms with Gasteiger partial charge in [0, 0.05) is 0 Å². The minimum absolute atomic E-state index is 0.274. The Hall–Kier alpha value is -1.63. The number of benzene rings is 1. The lowest BCUT2D eigenvalue weighted by molar-refractivity contribution is -0.123. The summed E-state index contributed by atoms with van der Waals surface area (Å²) in [7, 11) is 1.58. The van der Waals surface area contributed by atoms with Gasteiger partial charge in [-0.3, -0.25) is 15.0 Å². The summed E-state index contributed by atoms with van der Waals surface area (Å²) in [5.74, 6) is 0.539. The Morgan fingerprint density at radius 1 is 1.41 bits per heavy atom. The number of thioether (sulfide) groups is 1. The van der Waals surface area contributed by atoms with Crippen LogP contribution in [-0.4, -0.2) is 34.9 Å². The number of hydrogen-bond acceptors (Lipinski definition) is 7. The van der Waals surface area contributed by atoms with Crippen LogP contribution < -0.4 is 14.9 Å². The van der Waals surface area contributed by atoms with E-state index in [4.69, 9.17) is 21.7 Å². The quantitative estimate of drug-likeness (QED) is 0.301. The van der Waals surface area contributed by atoms with Crippen LogP contribution in [0.25, 0.3) is 6.08 Å². The number of hydrogen-bond donors (Lipinski definition) is 1. The van der Waals surface area contributed by atoms with Gasteiger partial charge in [0.05, 0.1) is 27.1 Å². The molecule has 6 nitrogen and oxygen atoms in total. The fourth-order valence-electron chi connectivity index (χ4n) is 2.45. The van der Waals surface area contributed by atoms with Crippen LogP contribution in [0.4, 0.5) is 0 Å². The summed E-state index contributed by atoms with van der Waals surface area (Å²) < 4.78 is 12.4. The van der Waals surface area contributed by atoms with Crippen molar-refractivity contribution in [2.45, 2.75) is 13.3 Å². The van der Waals surface area contributed by atoms with Crippen molar-refractivity contribution in [1.29, 1.82) is 0 Å². The minimum atomic E-state index is -0.370. The molecule has 1 saturated heterocycles. The van der Waals surface area contributed by atoms with Crippen molar-refractivity contribution in [3.8, 4) is 11.5 Å². The third-order valence-corrected chi connectivity index (χ3v) is 6.72. The fourth-order valence-corrected chi connectivity index (χ4v) is 5.02. The fraction of sp³-hybridized carbons (Fsp3) is 0.211. The molecular formula is C19H17IN2O4S3. The average Bonchev–Trinajstić information content (AvgIpc) is 3.32. The number of rotatable bonds is 7. The number of methoxy groups -OCH3 is 1. The molecule has 0 bridgehead atoms. The molecule has 2 heterocycles. The highest BCUT2D eigenvalue weighted by Crippen LogP contribution is 2.37. The number of carbonyl (C=O) groups excluding carboxylic acids is 2. The van der Waals surface area contributed by atoms with Gasteiger partial charge < -0.3 is 9.47 Å². The van der Waals surface area contributed by atoms with E-state index in [1.165, 1.54) is 11.3 Å². The van der Waals surface area contributed by atoms with Gasteiger partial charge in [-0.1, -0.05) is 24.8 Å². The van der Waals surface area contributed by atoms with E-state index in [9.17, 15) is 9.59 Å². The maximum Gasteiger partial charge on any atom is 0.285 e. The van der Waals surface area contributed by atoms with Crippen molar-refractivity contribution in [1.82, 2.24) is 10.4 Å². The number of ether oxygens (including phenoxy) is 2. The second-order valence-electron chi connectivity index (χ2n) is 5.82. The average molecular weight is 560 g/mol. The van der Waals surface area contributed by atoms with Crippen molar-refractivity contribution in [2.24, 2.45) is 0 Å². The van der Waals surface area contributed by atoms with E-state index in [1.807, 2.05) is 19.1 Å². The molecule has 0 spiro atoms. The molecule has 2 amide bonds. The van der Waals surface area contributed by atoms with Crippen molar-refractivity contribution in [3.63, 3.8) is 0 Å². The van der Waals surface area contributed by atoms with E-state index < -0.39 is 0 Å². The summed E-state index contributed by atoms with van der Waals surface area (Å²) >= 11 is 9.88. The smallest absolute Gasteiger partial charge is 0.285 e. The van der Waals surface area contributed by atoms with Crippen molar-refractivity contribution < 1.29 is 19.1 Å². The molecule has 1 aromatic heterocycles. The third kappa shape index (κ3) is 5.11. The molecule has 10 heteroatoms. The number of nitrogens with zero attached hydrogens (tertiary/aromatic N) is 1. The number of amides is 2. The molecule has 1 aromatic carbocycles. The first-order valence-corrected chi connectivity index (χ1v) is 11.8. The second kappa shape index (κ2) is 9.92. The topological polar surface area (TPSA) is 67.9 Å². The molecule has 1 N–H and O–H groups in total. The van der Waals surface area contributed by atoms with E-state index >= 15 is 0 Å². The summed E-state index contributed by atoms with van der Waals surface area (Å²) in [5.41, 5.74) is 3.35. The van der Waals surface area contributed by atoms with Crippen LogP contribution in [0.2, 0.25) is 0 Å². The molecule has 0 aliphatic carbocycles. The lowest BCUT2D eigenvalue weighted by Crippen LogP contribution is -2.44. The Labute approximate surface area is 195 Å². The molecule has 0 unspecified atom stereocenters. The molecular weight excluding hydrogens is 543 g/mol. The maximum absolute atomic E-state index is 12.8. The van der Waals surface area contributed by atoms with Crippen molar-refractivity contribution in [2.75, 3.05) is 13.7 Å². The number of nitrogens with one attached hydrogen (secondary N) is 1. The van der Waals surface area contributed by atoms with Crippen molar-refractivity contribution >= 4 is 80.1 Å². The Kier molecular flexibility index (Phi) is 7.55. The van der Waals surface area contributed by atoms with Gasteiger partial charge in [-0.25, -0.2) is 0 Å². The highest BCUT2D eigenvalue weighted by molar-refractivity contribution is 14.1. The largest absolute Gasteiger partial charge is 0.493 e. The number of carbonyl (C=O) groups is 2. The number of thiocarbonyl (C=S) groups is 1. The van der Waals surface area contributed by atoms with Gasteiger partial charge >= 0.3 is 0 Å². The van der Waals surface area contributed by atoms with Crippen LogP contribution >= 0.6 is 57.9 Å². The minimum Gasteiger partial charge on any atom is -0.493 e. The molecule has 152 valence electrons. The predicted molar refractivity (Wildman–Crippen MR) is 128 cm³/mol. The summed E-state index contributed by atoms with van der Waals surface area (Å²) in [4.78, 5) is 25.9. The lowest BCUT2D eigenvalue weighted by Gasteiger charge is -2.15. The zero-order valence-corrected chi connectivity index (χ0v) is 20.2. The summed E-state index contributed by atoms with van der Waals surface area (Å²) in [5, 5.41) is 2.90. The molecule has 29 heavy (non-hydrogen) atoms. The first-order chi connectivity index (χ1) is 13.9. The van der Waals surface area contributed by atoms with E-state index in [1.54, 1.807) is 30.7 Å². The predicted octanol–water partition coefficient (Wildman–Crippen LogP) is 4.70. The monoisotopic (exact) mass is 560 g/mol. The Balaban J connectivity index is 1.82. The van der Waals surface area contributed by atoms with Gasteiger partial charge in [0.25, 0.3) is 11.8 Å². The third-order valence-electron chi connectivity index (χ3n) is 3.75. The number of thiophene rings is 1. The Morgan fingerprint density at radius 2 is 2.21 bits per heavy atom. The number of halogens is 1. The molecule has 1 aliphatic heterocycles. The second-order valence-corrected chi connectivity index (χ2v) is 9.60. The lowest BCUT2D eigenvalue weighted by atomic mass is 10.2. The SMILES string of the molecule is CCCOc1c(I)cc(/C=C2/SC(=S)N(NC(=O)c3cccs3)C2=O)cc1OC. The first kappa shape index (κ1) is 22.1. The summed E-state index contributed by atoms with van der Waals surface area (Å²) in [6.45, 7) is 2.63. The Bertz CT molecular complexity index is 976. The van der Waals surface area contributed by atoms with Crippen LogP contribution in [0, 0.1) is 3.57 Å². The van der Waals surface area contributed by atoms with Gasteiger partial charge in [0.2, 0.25) is 0 Å². The molecule has 0 radical (unpaired) electrons. The maximum atomic E-state index is 12.8. The van der Waals surface area contributed by atoms with E-state index in [-0.39, 0.29) is 16.1 Å². The van der Waals surface area contributed by atoms with Crippen LogP contribution in [0.5, 0.6) is 11.5 Å². The van der Waals surface area contributed by atoms with Crippen LogP contribution in [0.3, 0.4) is 0 Å². The first-order valence-electron chi connectivity index (χ1n) is 8.57. The zero-order chi connectivity index (χ0) is 21.0. The molecule has 3 rings (SSSR count).